The zero-order valence-corrected chi connectivity index (χ0v) is 18.4. The van der Waals surface area contributed by atoms with E-state index in [0.717, 1.165) is 42.5 Å². The summed E-state index contributed by atoms with van der Waals surface area (Å²) in [7, 11) is 2.03. The van der Waals surface area contributed by atoms with Gasteiger partial charge in [0.2, 0.25) is 0 Å². The second kappa shape index (κ2) is 8.31. The Hall–Kier alpha value is -1.92. The topological polar surface area (TPSA) is 65.2 Å². The van der Waals surface area contributed by atoms with Gasteiger partial charge in [-0.15, -0.1) is 11.3 Å². The van der Waals surface area contributed by atoms with Crippen molar-refractivity contribution in [1.29, 1.82) is 0 Å². The molecule has 160 valence electrons. The standard InChI is InChI=1S/C24H31N3O2S/c1-27(14-20-3-2-6-30-20)13-19-4-5-21(24(29)26-19)23(28)25-12-22-17-8-15-7-16(10-17)11-18(22)9-15/h2-6,15-18,22H,7-14H2,1H3,(H,25,28)(H,26,29). The van der Waals surface area contributed by atoms with Crippen LogP contribution in [-0.4, -0.2) is 29.4 Å². The third-order valence-electron chi connectivity index (χ3n) is 7.58. The Balaban J connectivity index is 1.17. The van der Waals surface area contributed by atoms with Crippen molar-refractivity contribution >= 4 is 17.2 Å². The highest BCUT2D eigenvalue weighted by Crippen LogP contribution is 2.56. The molecule has 4 saturated carbocycles. The van der Waals surface area contributed by atoms with Gasteiger partial charge in [-0.1, -0.05) is 6.07 Å². The summed E-state index contributed by atoms with van der Waals surface area (Å²) in [4.78, 5) is 31.6. The molecule has 0 spiro atoms. The van der Waals surface area contributed by atoms with Gasteiger partial charge in [-0.2, -0.15) is 0 Å². The quantitative estimate of drug-likeness (QED) is 0.708. The van der Waals surface area contributed by atoms with Gasteiger partial charge in [0.1, 0.15) is 5.56 Å². The van der Waals surface area contributed by atoms with Crippen LogP contribution < -0.4 is 10.9 Å². The third-order valence-corrected chi connectivity index (χ3v) is 8.44. The van der Waals surface area contributed by atoms with E-state index in [0.29, 0.717) is 12.5 Å². The van der Waals surface area contributed by atoms with Crippen LogP contribution in [0.2, 0.25) is 0 Å². The predicted octanol–water partition coefficient (Wildman–Crippen LogP) is 3.87. The van der Waals surface area contributed by atoms with Crippen LogP contribution in [0.5, 0.6) is 0 Å². The van der Waals surface area contributed by atoms with Gasteiger partial charge >= 0.3 is 0 Å². The number of hydrogen-bond acceptors (Lipinski definition) is 4. The van der Waals surface area contributed by atoms with E-state index in [1.54, 1.807) is 17.4 Å². The fourth-order valence-corrected chi connectivity index (χ4v) is 7.26. The molecular formula is C24H31N3O2S. The minimum atomic E-state index is -0.292. The molecule has 0 aliphatic heterocycles. The van der Waals surface area contributed by atoms with Crippen molar-refractivity contribution in [2.75, 3.05) is 13.6 Å². The van der Waals surface area contributed by atoms with Crippen LogP contribution in [0.15, 0.2) is 34.4 Å². The molecule has 6 heteroatoms. The lowest BCUT2D eigenvalue weighted by molar-refractivity contribution is -0.0347. The summed E-state index contributed by atoms with van der Waals surface area (Å²) in [5.74, 6) is 3.80. The highest BCUT2D eigenvalue weighted by Gasteiger charge is 2.47. The molecule has 4 bridgehead atoms. The first-order valence-electron chi connectivity index (χ1n) is 11.3. The number of aromatic amines is 1. The summed E-state index contributed by atoms with van der Waals surface area (Å²) >= 11 is 1.73. The van der Waals surface area contributed by atoms with E-state index in [2.05, 4.69) is 26.6 Å². The maximum absolute atomic E-state index is 12.7. The number of aromatic nitrogens is 1. The van der Waals surface area contributed by atoms with E-state index in [9.17, 15) is 9.59 Å². The summed E-state index contributed by atoms with van der Waals surface area (Å²) in [6, 6.07) is 7.71. The summed E-state index contributed by atoms with van der Waals surface area (Å²) in [6.45, 7) is 2.20. The van der Waals surface area contributed by atoms with E-state index in [4.69, 9.17) is 0 Å². The molecule has 0 unspecified atom stereocenters. The van der Waals surface area contributed by atoms with Crippen molar-refractivity contribution < 1.29 is 4.79 Å². The maximum Gasteiger partial charge on any atom is 0.261 e. The van der Waals surface area contributed by atoms with Crippen LogP contribution >= 0.6 is 11.3 Å². The maximum atomic E-state index is 12.7. The smallest absolute Gasteiger partial charge is 0.261 e. The van der Waals surface area contributed by atoms with Gasteiger partial charge in [-0.05, 0) is 92.3 Å². The van der Waals surface area contributed by atoms with Crippen LogP contribution in [0.25, 0.3) is 0 Å². The zero-order chi connectivity index (χ0) is 20.7. The monoisotopic (exact) mass is 425 g/mol. The molecule has 2 N–H and O–H groups in total. The fourth-order valence-electron chi connectivity index (χ4n) is 6.48. The molecule has 4 fully saturated rings. The Morgan fingerprint density at radius 2 is 1.83 bits per heavy atom. The van der Waals surface area contributed by atoms with Gasteiger partial charge in [0.25, 0.3) is 11.5 Å². The van der Waals surface area contributed by atoms with Crippen molar-refractivity contribution in [2.45, 2.75) is 45.2 Å². The van der Waals surface area contributed by atoms with Gasteiger partial charge < -0.3 is 10.3 Å². The predicted molar refractivity (Wildman–Crippen MR) is 119 cm³/mol. The number of amides is 1. The summed E-state index contributed by atoms with van der Waals surface area (Å²) < 4.78 is 0. The summed E-state index contributed by atoms with van der Waals surface area (Å²) in [5, 5.41) is 5.16. The van der Waals surface area contributed by atoms with Crippen LogP contribution in [0.4, 0.5) is 0 Å². The number of hydrogen-bond donors (Lipinski definition) is 2. The van der Waals surface area contributed by atoms with Crippen molar-refractivity contribution in [1.82, 2.24) is 15.2 Å². The van der Waals surface area contributed by atoms with Gasteiger partial charge in [0.15, 0.2) is 0 Å². The average molecular weight is 426 g/mol. The molecule has 0 aromatic carbocycles. The van der Waals surface area contributed by atoms with E-state index in [-0.39, 0.29) is 17.0 Å². The Labute approximate surface area is 181 Å². The highest BCUT2D eigenvalue weighted by atomic mass is 32.1. The van der Waals surface area contributed by atoms with Gasteiger partial charge in [-0.3, -0.25) is 14.5 Å². The minimum absolute atomic E-state index is 0.225. The van der Waals surface area contributed by atoms with E-state index >= 15 is 0 Å². The number of nitrogens with one attached hydrogen (secondary N) is 2. The van der Waals surface area contributed by atoms with Crippen LogP contribution in [0.3, 0.4) is 0 Å². The third kappa shape index (κ3) is 4.12. The number of H-pyrrole nitrogens is 1. The van der Waals surface area contributed by atoms with Gasteiger partial charge in [0, 0.05) is 30.2 Å². The first-order valence-corrected chi connectivity index (χ1v) is 12.1. The molecule has 4 aliphatic carbocycles. The molecule has 1 amide bonds. The van der Waals surface area contributed by atoms with Crippen LogP contribution in [0, 0.1) is 29.6 Å². The van der Waals surface area contributed by atoms with E-state index in [1.165, 1.54) is 37.0 Å². The van der Waals surface area contributed by atoms with Crippen LogP contribution in [0.1, 0.15) is 53.0 Å². The van der Waals surface area contributed by atoms with Crippen molar-refractivity contribution in [3.63, 3.8) is 0 Å². The summed E-state index contributed by atoms with van der Waals surface area (Å²) in [5.41, 5.74) is 0.764. The lowest BCUT2D eigenvalue weighted by Gasteiger charge is -2.54. The molecule has 30 heavy (non-hydrogen) atoms. The Morgan fingerprint density at radius 1 is 1.10 bits per heavy atom. The second-order valence-corrected chi connectivity index (χ2v) is 10.8. The lowest BCUT2D eigenvalue weighted by Crippen LogP contribution is -2.49. The van der Waals surface area contributed by atoms with E-state index < -0.39 is 0 Å². The zero-order valence-electron chi connectivity index (χ0n) is 17.6. The van der Waals surface area contributed by atoms with Crippen molar-refractivity contribution in [2.24, 2.45) is 29.6 Å². The average Bonchev–Trinajstić information content (AvgIpc) is 3.19. The highest BCUT2D eigenvalue weighted by molar-refractivity contribution is 7.09. The van der Waals surface area contributed by atoms with Crippen LogP contribution in [-0.2, 0) is 13.1 Å². The van der Waals surface area contributed by atoms with Gasteiger partial charge in [-0.25, -0.2) is 0 Å². The fraction of sp³-hybridized carbons (Fsp3) is 0.583. The van der Waals surface area contributed by atoms with Crippen molar-refractivity contribution in [3.05, 3.63) is 56.1 Å². The molecule has 2 aromatic heterocycles. The van der Waals surface area contributed by atoms with E-state index in [1.807, 2.05) is 19.2 Å². The number of carbonyl (C=O) groups excluding carboxylic acids is 1. The number of pyridine rings is 1. The number of thiophene rings is 1. The second-order valence-electron chi connectivity index (χ2n) is 9.78. The lowest BCUT2D eigenvalue weighted by atomic mass is 9.52. The first kappa shape index (κ1) is 20.0. The molecule has 4 aliphatic rings. The Morgan fingerprint density at radius 3 is 2.47 bits per heavy atom. The number of rotatable bonds is 7. The largest absolute Gasteiger partial charge is 0.352 e. The number of nitrogens with zero attached hydrogens (tertiary/aromatic N) is 1. The first-order chi connectivity index (χ1) is 14.5. The minimum Gasteiger partial charge on any atom is -0.352 e. The van der Waals surface area contributed by atoms with Crippen molar-refractivity contribution in [3.8, 4) is 0 Å². The molecule has 5 nitrogen and oxygen atoms in total. The summed E-state index contributed by atoms with van der Waals surface area (Å²) in [6.07, 6.45) is 6.84. The molecule has 2 heterocycles. The molecule has 0 saturated heterocycles. The Kier molecular flexibility index (Phi) is 5.54. The molecule has 0 radical (unpaired) electrons. The molecule has 2 aromatic rings. The molecule has 0 atom stereocenters. The normalized spacial score (nSPS) is 29.5. The Bertz CT molecular complexity index is 924. The molecular weight excluding hydrogens is 394 g/mol. The molecule has 6 rings (SSSR count). The SMILES string of the molecule is CN(Cc1ccc(C(=O)NCC2C3CC4CC(C3)CC2C4)c(=O)[nH]1)Cc1cccs1. The van der Waals surface area contributed by atoms with Gasteiger partial charge in [0.05, 0.1) is 0 Å². The number of carbonyl (C=O) groups is 1.